The number of carbonyl (C=O) groups is 1. The molecule has 0 atom stereocenters. The minimum Gasteiger partial charge on any atom is -0.494 e. The van der Waals surface area contributed by atoms with Gasteiger partial charge in [-0.3, -0.25) is 4.79 Å². The van der Waals surface area contributed by atoms with E-state index in [1.807, 2.05) is 55.5 Å². The van der Waals surface area contributed by atoms with Crippen LogP contribution in [-0.4, -0.2) is 12.4 Å². The van der Waals surface area contributed by atoms with Crippen molar-refractivity contribution in [1.82, 2.24) is 0 Å². The number of Topliss-reactive ketones (excluding diaryl/α,β-unsaturated/α-hetero) is 1. The van der Waals surface area contributed by atoms with Gasteiger partial charge in [0.25, 0.3) is 0 Å². The third kappa shape index (κ3) is 4.28. The Hall–Kier alpha value is -3.79. The molecule has 0 aliphatic carbocycles. The van der Waals surface area contributed by atoms with Crippen LogP contribution in [0.2, 0.25) is 0 Å². The van der Waals surface area contributed by atoms with Crippen LogP contribution in [0.15, 0.2) is 79.1 Å². The van der Waals surface area contributed by atoms with Gasteiger partial charge in [0, 0.05) is 6.07 Å². The topological polar surface area (TPSA) is 44.8 Å². The number of hydrogen-bond donors (Lipinski definition) is 0. The van der Waals surface area contributed by atoms with E-state index < -0.39 is 0 Å². The van der Waals surface area contributed by atoms with Crippen molar-refractivity contribution in [3.05, 3.63) is 101 Å². The fourth-order valence-electron chi connectivity index (χ4n) is 3.15. The van der Waals surface area contributed by atoms with Crippen molar-refractivity contribution in [2.75, 3.05) is 6.61 Å². The number of benzene rings is 3. The van der Waals surface area contributed by atoms with Gasteiger partial charge in [-0.2, -0.15) is 0 Å². The van der Waals surface area contributed by atoms with Gasteiger partial charge in [-0.25, -0.2) is 0 Å². The summed E-state index contributed by atoms with van der Waals surface area (Å²) in [6.45, 7) is 6.74. The Morgan fingerprint density at radius 3 is 2.30 bits per heavy atom. The van der Waals surface area contributed by atoms with Crippen LogP contribution in [0.1, 0.15) is 34.0 Å². The van der Waals surface area contributed by atoms with Gasteiger partial charge in [-0.15, -0.1) is 0 Å². The molecule has 0 fully saturated rings. The molecule has 30 heavy (non-hydrogen) atoms. The maximum atomic E-state index is 12.7. The Morgan fingerprint density at radius 2 is 1.60 bits per heavy atom. The van der Waals surface area contributed by atoms with E-state index in [4.69, 9.17) is 14.2 Å². The minimum absolute atomic E-state index is 0.134. The summed E-state index contributed by atoms with van der Waals surface area (Å²) < 4.78 is 17.1. The molecule has 1 aliphatic heterocycles. The fraction of sp³-hybridized carbons (Fsp3) is 0.115. The van der Waals surface area contributed by atoms with E-state index in [9.17, 15) is 4.79 Å². The molecule has 3 aromatic rings. The second-order valence-corrected chi connectivity index (χ2v) is 6.83. The van der Waals surface area contributed by atoms with Crippen LogP contribution in [0.5, 0.6) is 17.2 Å². The van der Waals surface area contributed by atoms with E-state index in [-0.39, 0.29) is 5.78 Å². The zero-order valence-corrected chi connectivity index (χ0v) is 16.8. The zero-order valence-electron chi connectivity index (χ0n) is 16.8. The molecule has 0 spiro atoms. The Morgan fingerprint density at radius 1 is 0.900 bits per heavy atom. The van der Waals surface area contributed by atoms with Crippen molar-refractivity contribution in [2.45, 2.75) is 13.5 Å². The smallest absolute Gasteiger partial charge is 0.231 e. The highest BCUT2D eigenvalue weighted by molar-refractivity contribution is 6.14. The van der Waals surface area contributed by atoms with Crippen LogP contribution in [-0.2, 0) is 6.61 Å². The van der Waals surface area contributed by atoms with E-state index in [1.165, 1.54) is 0 Å². The maximum absolute atomic E-state index is 12.7. The molecule has 0 amide bonds. The molecule has 0 radical (unpaired) electrons. The van der Waals surface area contributed by atoms with Gasteiger partial charge in [0.1, 0.15) is 23.9 Å². The van der Waals surface area contributed by atoms with Crippen molar-refractivity contribution in [1.29, 1.82) is 0 Å². The number of fused-ring (bicyclic) bond motifs is 1. The number of ketones is 1. The van der Waals surface area contributed by atoms with Crippen LogP contribution in [0, 0.1) is 0 Å². The Kier molecular flexibility index (Phi) is 5.66. The van der Waals surface area contributed by atoms with Crippen LogP contribution in [0.25, 0.3) is 12.2 Å². The average molecular weight is 398 g/mol. The number of carbonyl (C=O) groups excluding carboxylic acids is 1. The van der Waals surface area contributed by atoms with Crippen molar-refractivity contribution in [3.63, 3.8) is 0 Å². The first-order valence-corrected chi connectivity index (χ1v) is 9.81. The molecule has 4 heteroatoms. The molecule has 4 rings (SSSR count). The molecule has 4 nitrogen and oxygen atoms in total. The molecule has 0 aromatic heterocycles. The summed E-state index contributed by atoms with van der Waals surface area (Å²) in [5, 5.41) is 0. The van der Waals surface area contributed by atoms with Crippen LogP contribution in [0.3, 0.4) is 0 Å². The van der Waals surface area contributed by atoms with Crippen LogP contribution < -0.4 is 14.2 Å². The average Bonchev–Trinajstić information content (AvgIpc) is 3.09. The largest absolute Gasteiger partial charge is 0.494 e. The summed E-state index contributed by atoms with van der Waals surface area (Å²) >= 11 is 0. The first kappa shape index (κ1) is 19.5. The van der Waals surface area contributed by atoms with E-state index in [0.717, 1.165) is 22.4 Å². The lowest BCUT2D eigenvalue weighted by Gasteiger charge is -2.07. The Balaban J connectivity index is 1.45. The molecule has 1 aliphatic rings. The molecule has 0 bridgehead atoms. The quantitative estimate of drug-likeness (QED) is 0.463. The summed E-state index contributed by atoms with van der Waals surface area (Å²) in [6.07, 6.45) is 3.54. The number of ether oxygens (including phenoxy) is 3. The zero-order chi connectivity index (χ0) is 20.9. The first-order chi connectivity index (χ1) is 14.7. The summed E-state index contributed by atoms with van der Waals surface area (Å²) in [7, 11) is 0. The van der Waals surface area contributed by atoms with Crippen LogP contribution >= 0.6 is 0 Å². The van der Waals surface area contributed by atoms with E-state index >= 15 is 0 Å². The highest BCUT2D eigenvalue weighted by atomic mass is 16.5. The predicted molar refractivity (Wildman–Crippen MR) is 118 cm³/mol. The molecule has 0 N–H and O–H groups in total. The van der Waals surface area contributed by atoms with Crippen molar-refractivity contribution in [2.24, 2.45) is 0 Å². The number of rotatable bonds is 7. The highest BCUT2D eigenvalue weighted by Gasteiger charge is 2.27. The molecule has 3 aromatic carbocycles. The SMILES string of the molecule is C=Cc1ccc(COc2ccc3c(c2)O/C(=C\c2ccc(OCC)cc2)C3=O)cc1. The molecule has 1 heterocycles. The fourth-order valence-corrected chi connectivity index (χ4v) is 3.15. The summed E-state index contributed by atoms with van der Waals surface area (Å²) in [4.78, 5) is 12.7. The lowest BCUT2D eigenvalue weighted by molar-refractivity contribution is 0.101. The second-order valence-electron chi connectivity index (χ2n) is 6.83. The van der Waals surface area contributed by atoms with Gasteiger partial charge < -0.3 is 14.2 Å². The van der Waals surface area contributed by atoms with Crippen molar-refractivity contribution >= 4 is 17.9 Å². The van der Waals surface area contributed by atoms with E-state index in [1.54, 1.807) is 30.4 Å². The van der Waals surface area contributed by atoms with Gasteiger partial charge in [-0.1, -0.05) is 49.1 Å². The monoisotopic (exact) mass is 398 g/mol. The van der Waals surface area contributed by atoms with E-state index in [0.29, 0.717) is 36.0 Å². The van der Waals surface area contributed by atoms with Crippen LogP contribution in [0.4, 0.5) is 0 Å². The van der Waals surface area contributed by atoms with Gasteiger partial charge >= 0.3 is 0 Å². The summed E-state index contributed by atoms with van der Waals surface area (Å²) in [5.41, 5.74) is 3.52. The maximum Gasteiger partial charge on any atom is 0.231 e. The molecule has 0 unspecified atom stereocenters. The normalized spacial score (nSPS) is 13.6. The first-order valence-electron chi connectivity index (χ1n) is 9.81. The lowest BCUT2D eigenvalue weighted by atomic mass is 10.1. The highest BCUT2D eigenvalue weighted by Crippen LogP contribution is 2.35. The Labute approximate surface area is 176 Å². The number of hydrogen-bond acceptors (Lipinski definition) is 4. The van der Waals surface area contributed by atoms with Gasteiger partial charge in [0.05, 0.1) is 12.2 Å². The van der Waals surface area contributed by atoms with Gasteiger partial charge in [-0.05, 0) is 54.0 Å². The molecular weight excluding hydrogens is 376 g/mol. The standard InChI is InChI=1S/C26H22O4/c1-3-18-5-7-20(8-6-18)17-29-22-13-14-23-24(16-22)30-25(26(23)27)15-19-9-11-21(12-10-19)28-4-2/h3,5-16H,1,4,17H2,2H3/b25-15-. The Bertz CT molecular complexity index is 1090. The molecule has 0 saturated carbocycles. The minimum atomic E-state index is -0.134. The molecular formula is C26H22O4. The third-order valence-electron chi connectivity index (χ3n) is 4.75. The predicted octanol–water partition coefficient (Wildman–Crippen LogP) is 5.92. The van der Waals surface area contributed by atoms with Gasteiger partial charge in [0.15, 0.2) is 5.76 Å². The molecule has 150 valence electrons. The summed E-state index contributed by atoms with van der Waals surface area (Å²) in [5.74, 6) is 2.12. The number of allylic oxidation sites excluding steroid dienone is 1. The second kappa shape index (κ2) is 8.70. The third-order valence-corrected chi connectivity index (χ3v) is 4.75. The molecule has 0 saturated heterocycles. The van der Waals surface area contributed by atoms with Crippen molar-refractivity contribution in [3.8, 4) is 17.2 Å². The van der Waals surface area contributed by atoms with E-state index in [2.05, 4.69) is 6.58 Å². The van der Waals surface area contributed by atoms with Crippen molar-refractivity contribution < 1.29 is 19.0 Å². The lowest BCUT2D eigenvalue weighted by Crippen LogP contribution is -1.98. The van der Waals surface area contributed by atoms with Gasteiger partial charge in [0.2, 0.25) is 5.78 Å². The summed E-state index contributed by atoms with van der Waals surface area (Å²) in [6, 6.07) is 20.8.